The van der Waals surface area contributed by atoms with Crippen molar-refractivity contribution in [2.75, 3.05) is 67.3 Å². The highest BCUT2D eigenvalue weighted by atomic mass is 28.5. The van der Waals surface area contributed by atoms with E-state index in [1.165, 1.54) is 6.42 Å². The van der Waals surface area contributed by atoms with Crippen LogP contribution in [0.4, 0.5) is 0 Å². The predicted molar refractivity (Wildman–Crippen MR) is 115 cm³/mol. The summed E-state index contributed by atoms with van der Waals surface area (Å²) in [6.45, 7) is 13.9. The Morgan fingerprint density at radius 2 is 1.15 bits per heavy atom. The average Bonchev–Trinajstić information content (AvgIpc) is 2.72. The molecule has 27 heavy (non-hydrogen) atoms. The molecule has 0 saturated heterocycles. The van der Waals surface area contributed by atoms with Gasteiger partial charge >= 0.3 is 17.6 Å². The third kappa shape index (κ3) is 9.46. The van der Waals surface area contributed by atoms with E-state index in [-0.39, 0.29) is 0 Å². The van der Waals surface area contributed by atoms with Gasteiger partial charge in [-0.25, -0.2) is 0 Å². The molecule has 0 aromatic rings. The summed E-state index contributed by atoms with van der Waals surface area (Å²) in [5, 5.41) is 0. The van der Waals surface area contributed by atoms with Crippen molar-refractivity contribution in [3.63, 3.8) is 0 Å². The molecule has 0 amide bonds. The highest BCUT2D eigenvalue weighted by Crippen LogP contribution is 2.24. The van der Waals surface area contributed by atoms with Crippen molar-refractivity contribution in [1.29, 1.82) is 0 Å². The van der Waals surface area contributed by atoms with E-state index in [4.69, 9.17) is 21.8 Å². The Hall–Kier alpha value is 0.154. The second-order valence-electron chi connectivity index (χ2n) is 6.64. The van der Waals surface area contributed by atoms with Crippen molar-refractivity contribution in [2.45, 2.75) is 53.0 Å². The van der Waals surface area contributed by atoms with Gasteiger partial charge in [-0.3, -0.25) is 4.90 Å². The topological polar surface area (TPSA) is 52.6 Å². The Morgan fingerprint density at radius 3 is 1.56 bits per heavy atom. The van der Waals surface area contributed by atoms with Crippen LogP contribution >= 0.6 is 0 Å². The van der Waals surface area contributed by atoms with E-state index in [1.807, 2.05) is 0 Å². The molecule has 0 aromatic heterocycles. The van der Waals surface area contributed by atoms with Gasteiger partial charge in [-0.05, 0) is 52.0 Å². The molecule has 0 aliphatic rings. The molecule has 164 valence electrons. The molecule has 0 N–H and O–H groups in total. The number of rotatable bonds is 18. The van der Waals surface area contributed by atoms with Crippen molar-refractivity contribution >= 4 is 17.6 Å². The predicted octanol–water partition coefficient (Wildman–Crippen LogP) is 2.86. The number of unbranched alkanes of at least 4 members (excludes halogenated alkanes) is 1. The summed E-state index contributed by atoms with van der Waals surface area (Å²) in [4.78, 5) is 4.74. The summed E-state index contributed by atoms with van der Waals surface area (Å²) in [5.74, 6) is 0. The fraction of sp³-hybridized carbons (Fsp3) is 1.00. The zero-order valence-electron chi connectivity index (χ0n) is 19.0. The van der Waals surface area contributed by atoms with Crippen LogP contribution in [-0.2, 0) is 21.8 Å². The molecule has 0 aromatic carbocycles. The maximum absolute atomic E-state index is 6.47. The molecule has 7 nitrogen and oxygen atoms in total. The first kappa shape index (κ1) is 27.2. The average molecular weight is 425 g/mol. The molecule has 0 fully saturated rings. The Labute approximate surface area is 170 Å². The normalized spacial score (nSPS) is 13.1. The zero-order chi connectivity index (χ0) is 20.8. The lowest BCUT2D eigenvalue weighted by molar-refractivity contribution is 0.0757. The van der Waals surface area contributed by atoms with Crippen LogP contribution in [0.15, 0.2) is 0 Å². The van der Waals surface area contributed by atoms with Crippen LogP contribution in [0.1, 0.15) is 47.0 Å². The molecule has 0 rings (SSSR count). The molecule has 0 radical (unpaired) electrons. The quantitative estimate of drug-likeness (QED) is 0.248. The van der Waals surface area contributed by atoms with Gasteiger partial charge in [0, 0.05) is 34.5 Å². The van der Waals surface area contributed by atoms with Crippen LogP contribution in [0.3, 0.4) is 0 Å². The van der Waals surface area contributed by atoms with Gasteiger partial charge in [-0.2, -0.15) is 0 Å². The minimum absolute atomic E-state index is 0.634. The van der Waals surface area contributed by atoms with Crippen molar-refractivity contribution < 1.29 is 21.8 Å². The highest BCUT2D eigenvalue weighted by molar-refractivity contribution is 6.75. The lowest BCUT2D eigenvalue weighted by atomic mass is 10.3. The monoisotopic (exact) mass is 424 g/mol. The summed E-state index contributed by atoms with van der Waals surface area (Å²) in [5.41, 5.74) is 0. The van der Waals surface area contributed by atoms with Crippen molar-refractivity contribution in [1.82, 2.24) is 9.80 Å². The lowest BCUT2D eigenvalue weighted by Gasteiger charge is -2.37. The molecule has 0 aliphatic carbocycles. The largest absolute Gasteiger partial charge is 0.507 e. The van der Waals surface area contributed by atoms with Crippen molar-refractivity contribution in [3.8, 4) is 0 Å². The molecule has 0 bridgehead atoms. The van der Waals surface area contributed by atoms with E-state index in [0.717, 1.165) is 51.6 Å². The van der Waals surface area contributed by atoms with Gasteiger partial charge in [0.05, 0.1) is 6.17 Å². The first-order valence-corrected chi connectivity index (χ1v) is 14.2. The molecule has 0 heterocycles. The maximum atomic E-state index is 6.47. The molecule has 0 spiro atoms. The zero-order valence-corrected chi connectivity index (χ0v) is 21.0. The second-order valence-corrected chi connectivity index (χ2v) is 12.6. The SMILES string of the molecule is CCCN(CC)CCCC[Si](OC)(OC)O[Si](CN(CC)CC)(OC)OC. The minimum Gasteiger partial charge on any atom is -0.377 e. The molecule has 0 atom stereocenters. The van der Waals surface area contributed by atoms with E-state index < -0.39 is 17.6 Å². The molecule has 9 heteroatoms. The molecular formula is C18H44N2O5Si2. The van der Waals surface area contributed by atoms with Crippen LogP contribution in [0.2, 0.25) is 6.04 Å². The van der Waals surface area contributed by atoms with Crippen molar-refractivity contribution in [3.05, 3.63) is 0 Å². The van der Waals surface area contributed by atoms with Gasteiger partial charge in [-0.15, -0.1) is 0 Å². The number of hydrogen-bond donors (Lipinski definition) is 0. The summed E-state index contributed by atoms with van der Waals surface area (Å²) in [6, 6.07) is 0.767. The lowest BCUT2D eigenvalue weighted by Crippen LogP contribution is -2.62. The first-order chi connectivity index (χ1) is 12.9. The van der Waals surface area contributed by atoms with E-state index in [9.17, 15) is 0 Å². The van der Waals surface area contributed by atoms with Gasteiger partial charge in [-0.1, -0.05) is 27.7 Å². The van der Waals surface area contributed by atoms with Crippen LogP contribution < -0.4 is 0 Å². The smallest absolute Gasteiger partial charge is 0.377 e. The summed E-state index contributed by atoms with van der Waals surface area (Å²) < 4.78 is 29.7. The van der Waals surface area contributed by atoms with Gasteiger partial charge in [0.1, 0.15) is 0 Å². The molecule has 0 aliphatic heterocycles. The minimum atomic E-state index is -2.90. The van der Waals surface area contributed by atoms with Gasteiger partial charge in [0.25, 0.3) is 0 Å². The third-order valence-electron chi connectivity index (χ3n) is 5.06. The van der Waals surface area contributed by atoms with Gasteiger partial charge in [0.2, 0.25) is 0 Å². The molecular weight excluding hydrogens is 380 g/mol. The Kier molecular flexibility index (Phi) is 15.1. The van der Waals surface area contributed by atoms with Crippen LogP contribution in [0.5, 0.6) is 0 Å². The van der Waals surface area contributed by atoms with Crippen molar-refractivity contribution in [2.24, 2.45) is 0 Å². The summed E-state index contributed by atoms with van der Waals surface area (Å²) >= 11 is 0. The van der Waals surface area contributed by atoms with E-state index in [0.29, 0.717) is 6.17 Å². The van der Waals surface area contributed by atoms with Crippen LogP contribution in [0.25, 0.3) is 0 Å². The highest BCUT2D eigenvalue weighted by Gasteiger charge is 2.52. The van der Waals surface area contributed by atoms with Crippen LogP contribution in [-0.4, -0.2) is 94.7 Å². The summed E-state index contributed by atoms with van der Waals surface area (Å²) in [7, 11) is 0.920. The Balaban J connectivity index is 4.97. The number of hydrogen-bond acceptors (Lipinski definition) is 7. The second kappa shape index (κ2) is 15.1. The van der Waals surface area contributed by atoms with E-state index >= 15 is 0 Å². The van der Waals surface area contributed by atoms with Gasteiger partial charge in [0.15, 0.2) is 0 Å². The third-order valence-corrected chi connectivity index (χ3v) is 11.8. The molecule has 0 saturated carbocycles. The van der Waals surface area contributed by atoms with E-state index in [1.54, 1.807) is 28.4 Å². The standard InChI is InChI=1S/C18H44N2O5Si2/c1-9-15-20(12-4)16-13-14-17-26(21-5,22-6)25-27(23-7,24-8)18-19(10-2)11-3/h9-18H2,1-8H3. The number of nitrogens with zero attached hydrogens (tertiary/aromatic N) is 2. The maximum Gasteiger partial charge on any atom is 0.507 e. The van der Waals surface area contributed by atoms with E-state index in [2.05, 4.69) is 37.5 Å². The molecule has 0 unspecified atom stereocenters. The summed E-state index contributed by atoms with van der Waals surface area (Å²) in [6.07, 6.45) is 3.92. The first-order valence-electron chi connectivity index (χ1n) is 10.3. The fourth-order valence-electron chi connectivity index (χ4n) is 3.13. The fourth-order valence-corrected chi connectivity index (χ4v) is 9.70. The Bertz CT molecular complexity index is 355. The van der Waals surface area contributed by atoms with Crippen LogP contribution in [0, 0.1) is 0 Å². The van der Waals surface area contributed by atoms with Gasteiger partial charge < -0.3 is 26.7 Å². The Morgan fingerprint density at radius 1 is 0.630 bits per heavy atom.